The van der Waals surface area contributed by atoms with Gasteiger partial charge in [-0.05, 0) is 36.8 Å². The van der Waals surface area contributed by atoms with Gasteiger partial charge in [-0.15, -0.1) is 4.65 Å². The molecular formula is C22H32BrNO5. The first-order valence-corrected chi connectivity index (χ1v) is 10.5. The first-order valence-electron chi connectivity index (χ1n) is 10.5. The predicted molar refractivity (Wildman–Crippen MR) is 104 cm³/mol. The van der Waals surface area contributed by atoms with Crippen LogP contribution in [0.1, 0.15) is 75.5 Å². The van der Waals surface area contributed by atoms with Crippen LogP contribution in [0.3, 0.4) is 0 Å². The largest absolute Gasteiger partial charge is 1.00 e. The van der Waals surface area contributed by atoms with E-state index in [2.05, 4.69) is 0 Å². The van der Waals surface area contributed by atoms with Gasteiger partial charge in [-0.2, -0.15) is 0 Å². The number of hydroxylamine groups is 3. The van der Waals surface area contributed by atoms with Crippen LogP contribution in [0.5, 0.6) is 0 Å². The highest BCUT2D eigenvalue weighted by Gasteiger charge is 2.48. The minimum absolute atomic E-state index is 0. The first-order chi connectivity index (χ1) is 13.5. The van der Waals surface area contributed by atoms with Crippen LogP contribution in [0, 0.1) is 0 Å². The Morgan fingerprint density at radius 2 is 1.72 bits per heavy atom. The fourth-order valence-corrected chi connectivity index (χ4v) is 4.61. The van der Waals surface area contributed by atoms with Crippen molar-refractivity contribution in [2.75, 3.05) is 19.7 Å². The summed E-state index contributed by atoms with van der Waals surface area (Å²) in [6.07, 6.45) is 4.91. The molecule has 1 aromatic carbocycles. The van der Waals surface area contributed by atoms with Gasteiger partial charge in [0.1, 0.15) is 13.1 Å². The fourth-order valence-electron chi connectivity index (χ4n) is 4.61. The fraction of sp³-hybridized carbons (Fsp3) is 0.636. The Morgan fingerprint density at radius 1 is 1.10 bits per heavy atom. The smallest absolute Gasteiger partial charge is 0.399 e. The van der Waals surface area contributed by atoms with E-state index in [4.69, 9.17) is 9.57 Å². The van der Waals surface area contributed by atoms with Gasteiger partial charge in [-0.25, -0.2) is 9.59 Å². The van der Waals surface area contributed by atoms with Crippen molar-refractivity contribution >= 4 is 11.9 Å². The highest BCUT2D eigenvalue weighted by atomic mass is 79.9. The molecular weight excluding hydrogens is 438 g/mol. The Balaban J connectivity index is 0.00000300. The van der Waals surface area contributed by atoms with Crippen LogP contribution < -0.4 is 17.0 Å². The van der Waals surface area contributed by atoms with Gasteiger partial charge in [-0.3, -0.25) is 4.84 Å². The minimum Gasteiger partial charge on any atom is -1.00 e. The second-order valence-electron chi connectivity index (χ2n) is 7.96. The van der Waals surface area contributed by atoms with Crippen molar-refractivity contribution in [3.05, 3.63) is 35.4 Å². The zero-order chi connectivity index (χ0) is 20.1. The number of ether oxygens (including phenoxy) is 1. The lowest BCUT2D eigenvalue weighted by Crippen LogP contribution is -3.00. The van der Waals surface area contributed by atoms with Crippen LogP contribution in [0.15, 0.2) is 24.3 Å². The Morgan fingerprint density at radius 3 is 2.34 bits per heavy atom. The van der Waals surface area contributed by atoms with Gasteiger partial charge in [0.05, 0.1) is 6.61 Å². The molecule has 1 aliphatic heterocycles. The number of likely N-dealkylation sites (tertiary alicyclic amines) is 1. The lowest BCUT2D eigenvalue weighted by atomic mass is 9.90. The molecule has 3 rings (SSSR count). The topological polar surface area (TPSA) is 72.8 Å². The van der Waals surface area contributed by atoms with Gasteiger partial charge in [0.25, 0.3) is 0 Å². The maximum absolute atomic E-state index is 12.9. The summed E-state index contributed by atoms with van der Waals surface area (Å²) in [5.74, 6) is -0.687. The van der Waals surface area contributed by atoms with Crippen molar-refractivity contribution in [2.24, 2.45) is 0 Å². The summed E-state index contributed by atoms with van der Waals surface area (Å²) in [4.78, 5) is 31.0. The molecule has 0 amide bonds. The molecule has 2 aliphatic rings. The van der Waals surface area contributed by atoms with Crippen molar-refractivity contribution < 1.29 is 45.9 Å². The molecule has 1 saturated carbocycles. The zero-order valence-corrected chi connectivity index (χ0v) is 18.9. The molecule has 1 saturated heterocycles. The molecule has 0 unspecified atom stereocenters. The first kappa shape index (κ1) is 23.8. The van der Waals surface area contributed by atoms with Crippen LogP contribution in [0.4, 0.5) is 0 Å². The third-order valence-electron chi connectivity index (χ3n) is 6.24. The van der Waals surface area contributed by atoms with Crippen molar-refractivity contribution in [3.63, 3.8) is 0 Å². The molecule has 0 aromatic heterocycles. The van der Waals surface area contributed by atoms with E-state index >= 15 is 0 Å². The minimum atomic E-state index is -1.35. The molecule has 1 N–H and O–H groups in total. The number of aliphatic hydroxyl groups excluding tert-OH is 1. The van der Waals surface area contributed by atoms with E-state index in [9.17, 15) is 14.7 Å². The molecule has 1 aromatic rings. The summed E-state index contributed by atoms with van der Waals surface area (Å²) < 4.78 is 5.05. The molecule has 2 fully saturated rings. The van der Waals surface area contributed by atoms with Gasteiger partial charge in [0.15, 0.2) is 6.10 Å². The molecule has 162 valence electrons. The van der Waals surface area contributed by atoms with E-state index in [1.54, 1.807) is 13.8 Å². The van der Waals surface area contributed by atoms with Crippen LogP contribution in [-0.2, 0) is 19.2 Å². The van der Waals surface area contributed by atoms with E-state index in [0.717, 1.165) is 31.2 Å². The van der Waals surface area contributed by atoms with Crippen LogP contribution in [0.2, 0.25) is 0 Å². The Hall–Kier alpha value is -1.44. The average Bonchev–Trinajstić information content (AvgIpc) is 3.40. The summed E-state index contributed by atoms with van der Waals surface area (Å²) >= 11 is 0. The Bertz CT molecular complexity index is 698. The summed E-state index contributed by atoms with van der Waals surface area (Å²) in [6, 6.07) is 6.99. The highest BCUT2D eigenvalue weighted by molar-refractivity contribution is 5.77. The number of carbonyl (C=O) groups is 2. The number of esters is 1. The van der Waals surface area contributed by atoms with Crippen LogP contribution in [-0.4, -0.2) is 47.4 Å². The lowest BCUT2D eigenvalue weighted by molar-refractivity contribution is -1.09. The number of rotatable bonds is 7. The zero-order valence-electron chi connectivity index (χ0n) is 17.3. The quantitative estimate of drug-likeness (QED) is 0.462. The van der Waals surface area contributed by atoms with E-state index in [1.807, 2.05) is 24.3 Å². The molecule has 1 heterocycles. The van der Waals surface area contributed by atoms with Crippen LogP contribution >= 0.6 is 0 Å². The van der Waals surface area contributed by atoms with Gasteiger partial charge in [0.2, 0.25) is 6.04 Å². The van der Waals surface area contributed by atoms with E-state index < -0.39 is 18.1 Å². The maximum Gasteiger partial charge on any atom is 0.399 e. The van der Waals surface area contributed by atoms with Crippen molar-refractivity contribution in [1.82, 2.24) is 0 Å². The standard InChI is InChI=1S/C22H32NO5.BrH/c1-3-27-21(25)16(2)23(14-8-9-15-23)28-22(26)20(24)19-13-7-6-12-18(19)17-10-4-5-11-17;/h6-7,12-13,16-17,20,24H,3-5,8-11,14-15H2,1-2H3;1H/q+1;/p-1/t16-,20+;/m0./s1. The van der Waals surface area contributed by atoms with Gasteiger partial charge >= 0.3 is 11.9 Å². The summed E-state index contributed by atoms with van der Waals surface area (Å²) in [6.45, 7) is 4.89. The van der Waals surface area contributed by atoms with Crippen molar-refractivity contribution in [3.8, 4) is 0 Å². The second kappa shape index (κ2) is 10.5. The molecule has 0 bridgehead atoms. The maximum atomic E-state index is 12.9. The number of benzene rings is 1. The van der Waals surface area contributed by atoms with Crippen molar-refractivity contribution in [1.29, 1.82) is 0 Å². The number of carbonyl (C=O) groups excluding carboxylic acids is 2. The number of hydrogen-bond acceptors (Lipinski definition) is 5. The third kappa shape index (κ3) is 5.19. The predicted octanol–water partition coefficient (Wildman–Crippen LogP) is 0.402. The Labute approximate surface area is 183 Å². The van der Waals surface area contributed by atoms with Crippen molar-refractivity contribution in [2.45, 2.75) is 70.4 Å². The number of hydrogen-bond donors (Lipinski definition) is 1. The normalized spacial score (nSPS) is 20.5. The summed E-state index contributed by atoms with van der Waals surface area (Å²) in [7, 11) is 0. The number of quaternary nitrogens is 1. The average molecular weight is 470 g/mol. The number of halogens is 1. The monoisotopic (exact) mass is 469 g/mol. The summed E-state index contributed by atoms with van der Waals surface area (Å²) in [5, 5.41) is 10.8. The van der Waals surface area contributed by atoms with Gasteiger partial charge < -0.3 is 26.8 Å². The number of nitrogens with zero attached hydrogens (tertiary/aromatic N) is 1. The molecule has 6 nitrogen and oxygen atoms in total. The van der Waals surface area contributed by atoms with E-state index in [0.29, 0.717) is 24.6 Å². The molecule has 29 heavy (non-hydrogen) atoms. The summed E-state index contributed by atoms with van der Waals surface area (Å²) in [5.41, 5.74) is 1.66. The lowest BCUT2D eigenvalue weighted by Gasteiger charge is -2.34. The van der Waals surface area contributed by atoms with E-state index in [-0.39, 0.29) is 34.2 Å². The Kier molecular flexibility index (Phi) is 8.67. The number of aliphatic hydroxyl groups is 1. The molecule has 0 spiro atoms. The highest BCUT2D eigenvalue weighted by Crippen LogP contribution is 2.38. The molecule has 2 atom stereocenters. The SMILES string of the molecule is CCOC(=O)[C@H](C)[N+]1(OC(=O)[C@H](O)c2ccccc2C2CCCC2)CCCC1.[Br-]. The third-order valence-corrected chi connectivity index (χ3v) is 6.24. The second-order valence-corrected chi connectivity index (χ2v) is 7.96. The van der Waals surface area contributed by atoms with Crippen LogP contribution in [0.25, 0.3) is 0 Å². The van der Waals surface area contributed by atoms with Gasteiger partial charge in [0, 0.05) is 19.8 Å². The molecule has 0 radical (unpaired) electrons. The molecule has 7 heteroatoms. The molecule has 1 aliphatic carbocycles. The van der Waals surface area contributed by atoms with Gasteiger partial charge in [-0.1, -0.05) is 37.1 Å². The van der Waals surface area contributed by atoms with E-state index in [1.165, 1.54) is 12.8 Å².